The molecule has 0 aliphatic rings. The van der Waals surface area contributed by atoms with Gasteiger partial charge in [0.2, 0.25) is 0 Å². The van der Waals surface area contributed by atoms with Crippen LogP contribution in [0.4, 0.5) is 11.4 Å². The standard InChI is InChI=1S/C17H11ClN2O5/c1-9-6-16(21)25-15-8-11(3-4-12(9)15)19-17(22)13-7-10(18)2-5-14(13)20(23)24/h2-8H,1H3,(H,19,22). The van der Waals surface area contributed by atoms with Crippen molar-refractivity contribution >= 4 is 39.9 Å². The Labute approximate surface area is 146 Å². The fourth-order valence-corrected chi connectivity index (χ4v) is 2.62. The SMILES string of the molecule is Cc1cc(=O)oc2cc(NC(=O)c3cc(Cl)ccc3[N+](=O)[O-])ccc12. The van der Waals surface area contributed by atoms with E-state index in [0.717, 1.165) is 10.9 Å². The largest absolute Gasteiger partial charge is 0.423 e. The minimum absolute atomic E-state index is 0.164. The highest BCUT2D eigenvalue weighted by Crippen LogP contribution is 2.25. The predicted molar refractivity (Wildman–Crippen MR) is 93.3 cm³/mol. The molecule has 1 N–H and O–H groups in total. The van der Waals surface area contributed by atoms with Crippen LogP contribution in [-0.2, 0) is 0 Å². The topological polar surface area (TPSA) is 102 Å². The van der Waals surface area contributed by atoms with Gasteiger partial charge in [0.25, 0.3) is 11.6 Å². The van der Waals surface area contributed by atoms with Gasteiger partial charge in [-0.05, 0) is 36.8 Å². The number of fused-ring (bicyclic) bond motifs is 1. The number of aryl methyl sites for hydroxylation is 1. The summed E-state index contributed by atoms with van der Waals surface area (Å²) < 4.78 is 5.12. The van der Waals surface area contributed by atoms with E-state index in [0.29, 0.717) is 11.3 Å². The second kappa shape index (κ2) is 6.37. The first kappa shape index (κ1) is 16.7. The number of hydrogen-bond acceptors (Lipinski definition) is 5. The minimum atomic E-state index is -0.691. The van der Waals surface area contributed by atoms with E-state index in [9.17, 15) is 19.7 Å². The van der Waals surface area contributed by atoms with Crippen LogP contribution in [-0.4, -0.2) is 10.8 Å². The molecule has 0 fully saturated rings. The summed E-state index contributed by atoms with van der Waals surface area (Å²) in [4.78, 5) is 34.3. The molecule has 0 saturated heterocycles. The van der Waals surface area contributed by atoms with Crippen molar-refractivity contribution in [1.82, 2.24) is 0 Å². The molecule has 0 radical (unpaired) electrons. The van der Waals surface area contributed by atoms with E-state index in [1.54, 1.807) is 19.1 Å². The summed E-state index contributed by atoms with van der Waals surface area (Å²) in [6, 6.07) is 9.89. The second-order valence-electron chi connectivity index (χ2n) is 5.33. The van der Waals surface area contributed by atoms with Gasteiger partial charge in [0.05, 0.1) is 4.92 Å². The maximum Gasteiger partial charge on any atom is 0.336 e. The van der Waals surface area contributed by atoms with Crippen molar-refractivity contribution in [3.63, 3.8) is 0 Å². The number of nitrogens with one attached hydrogen (secondary N) is 1. The van der Waals surface area contributed by atoms with Crippen LogP contribution in [0.25, 0.3) is 11.0 Å². The number of carbonyl (C=O) groups excluding carboxylic acids is 1. The van der Waals surface area contributed by atoms with Gasteiger partial charge in [-0.2, -0.15) is 0 Å². The zero-order chi connectivity index (χ0) is 18.1. The summed E-state index contributed by atoms with van der Waals surface area (Å²) in [7, 11) is 0. The van der Waals surface area contributed by atoms with E-state index >= 15 is 0 Å². The van der Waals surface area contributed by atoms with Gasteiger partial charge in [-0.3, -0.25) is 14.9 Å². The average molecular weight is 359 g/mol. The Bertz CT molecular complexity index is 1070. The number of halogens is 1. The molecule has 1 amide bonds. The smallest absolute Gasteiger partial charge is 0.336 e. The lowest BCUT2D eigenvalue weighted by Crippen LogP contribution is -2.14. The Kier molecular flexibility index (Phi) is 4.24. The van der Waals surface area contributed by atoms with Crippen molar-refractivity contribution in [2.75, 3.05) is 5.32 Å². The fraction of sp³-hybridized carbons (Fsp3) is 0.0588. The molecule has 126 valence electrons. The number of nitrogens with zero attached hydrogens (tertiary/aromatic N) is 1. The summed E-state index contributed by atoms with van der Waals surface area (Å²) in [6.45, 7) is 1.77. The van der Waals surface area contributed by atoms with Crippen LogP contribution in [0.3, 0.4) is 0 Å². The third kappa shape index (κ3) is 3.36. The average Bonchev–Trinajstić information content (AvgIpc) is 2.53. The van der Waals surface area contributed by atoms with E-state index in [2.05, 4.69) is 5.32 Å². The number of nitro groups is 1. The van der Waals surface area contributed by atoms with Gasteiger partial charge in [-0.1, -0.05) is 11.6 Å². The van der Waals surface area contributed by atoms with Gasteiger partial charge in [0.15, 0.2) is 0 Å². The molecule has 8 heteroatoms. The summed E-state index contributed by atoms with van der Waals surface area (Å²) in [5.41, 5.74) is 0.367. The monoisotopic (exact) mass is 358 g/mol. The van der Waals surface area contributed by atoms with Crippen LogP contribution >= 0.6 is 11.6 Å². The first-order valence-electron chi connectivity index (χ1n) is 7.15. The van der Waals surface area contributed by atoms with Crippen LogP contribution < -0.4 is 10.9 Å². The van der Waals surface area contributed by atoms with Gasteiger partial charge >= 0.3 is 5.63 Å². The first-order chi connectivity index (χ1) is 11.8. The Morgan fingerprint density at radius 1 is 1.20 bits per heavy atom. The van der Waals surface area contributed by atoms with E-state index in [4.69, 9.17) is 16.0 Å². The van der Waals surface area contributed by atoms with Crippen molar-refractivity contribution < 1.29 is 14.1 Å². The molecule has 25 heavy (non-hydrogen) atoms. The fourth-order valence-electron chi connectivity index (χ4n) is 2.45. The van der Waals surface area contributed by atoms with Crippen LogP contribution in [0.1, 0.15) is 15.9 Å². The lowest BCUT2D eigenvalue weighted by atomic mass is 10.1. The molecule has 1 aromatic heterocycles. The zero-order valence-electron chi connectivity index (χ0n) is 12.9. The molecule has 0 saturated carbocycles. The lowest BCUT2D eigenvalue weighted by molar-refractivity contribution is -0.385. The molecule has 1 heterocycles. The molecule has 3 aromatic rings. The summed E-state index contributed by atoms with van der Waals surface area (Å²) >= 11 is 5.83. The Morgan fingerprint density at radius 2 is 1.96 bits per heavy atom. The minimum Gasteiger partial charge on any atom is -0.423 e. The predicted octanol–water partition coefficient (Wildman–Crippen LogP) is 3.92. The van der Waals surface area contributed by atoms with E-state index in [-0.39, 0.29) is 16.3 Å². The Hall–Kier alpha value is -3.19. The molecule has 0 atom stereocenters. The molecule has 0 aliphatic heterocycles. The van der Waals surface area contributed by atoms with Gasteiger partial charge in [0.1, 0.15) is 11.1 Å². The number of rotatable bonds is 3. The van der Waals surface area contributed by atoms with Gasteiger partial charge in [-0.15, -0.1) is 0 Å². The van der Waals surface area contributed by atoms with Crippen molar-refractivity contribution in [1.29, 1.82) is 0 Å². The van der Waals surface area contributed by atoms with Crippen molar-refractivity contribution in [3.8, 4) is 0 Å². The van der Waals surface area contributed by atoms with Crippen LogP contribution in [0.15, 0.2) is 51.7 Å². The summed E-state index contributed by atoms with van der Waals surface area (Å²) in [5, 5.41) is 14.6. The summed E-state index contributed by atoms with van der Waals surface area (Å²) in [6.07, 6.45) is 0. The number of nitro benzene ring substituents is 1. The normalized spacial score (nSPS) is 10.6. The molecular weight excluding hydrogens is 348 g/mol. The second-order valence-corrected chi connectivity index (χ2v) is 5.77. The third-order valence-electron chi connectivity index (χ3n) is 3.61. The van der Waals surface area contributed by atoms with Crippen LogP contribution in [0.5, 0.6) is 0 Å². The highest BCUT2D eigenvalue weighted by atomic mass is 35.5. The molecule has 0 aliphatic carbocycles. The van der Waals surface area contributed by atoms with Gasteiger partial charge in [0, 0.05) is 34.3 Å². The Morgan fingerprint density at radius 3 is 2.68 bits per heavy atom. The highest BCUT2D eigenvalue weighted by molar-refractivity contribution is 6.31. The number of amides is 1. The third-order valence-corrected chi connectivity index (χ3v) is 3.84. The molecule has 2 aromatic carbocycles. The molecule has 3 rings (SSSR count). The maximum absolute atomic E-state index is 12.4. The lowest BCUT2D eigenvalue weighted by Gasteiger charge is -2.08. The maximum atomic E-state index is 12.4. The quantitative estimate of drug-likeness (QED) is 0.434. The summed E-state index contributed by atoms with van der Waals surface area (Å²) in [5.74, 6) is -0.691. The van der Waals surface area contributed by atoms with E-state index in [1.807, 2.05) is 0 Å². The number of benzene rings is 2. The zero-order valence-corrected chi connectivity index (χ0v) is 13.7. The molecule has 0 spiro atoms. The van der Waals surface area contributed by atoms with Crippen LogP contribution in [0, 0.1) is 17.0 Å². The van der Waals surface area contributed by atoms with Crippen LogP contribution in [0.2, 0.25) is 5.02 Å². The molecular formula is C17H11ClN2O5. The van der Waals surface area contributed by atoms with Crippen molar-refractivity contribution in [3.05, 3.63) is 79.1 Å². The van der Waals surface area contributed by atoms with Crippen molar-refractivity contribution in [2.24, 2.45) is 0 Å². The molecule has 7 nitrogen and oxygen atoms in total. The van der Waals surface area contributed by atoms with Gasteiger partial charge in [-0.25, -0.2) is 4.79 Å². The molecule has 0 bridgehead atoms. The van der Waals surface area contributed by atoms with Gasteiger partial charge < -0.3 is 9.73 Å². The number of anilines is 1. The Balaban J connectivity index is 1.99. The van der Waals surface area contributed by atoms with E-state index in [1.165, 1.54) is 30.3 Å². The van der Waals surface area contributed by atoms with E-state index < -0.39 is 16.5 Å². The van der Waals surface area contributed by atoms with Crippen molar-refractivity contribution in [2.45, 2.75) is 6.92 Å². The number of hydrogen-bond donors (Lipinski definition) is 1. The number of carbonyl (C=O) groups is 1. The molecule has 0 unspecified atom stereocenters. The first-order valence-corrected chi connectivity index (χ1v) is 7.53. The highest BCUT2D eigenvalue weighted by Gasteiger charge is 2.20.